The second-order valence-corrected chi connectivity index (χ2v) is 5.95. The number of thiol groups is 1. The summed E-state index contributed by atoms with van der Waals surface area (Å²) in [6.45, 7) is 2.43. The Bertz CT molecular complexity index is 450. The van der Waals surface area contributed by atoms with E-state index in [2.05, 4.69) is 17.9 Å². The van der Waals surface area contributed by atoms with Crippen LogP contribution in [0, 0.1) is 5.92 Å². The van der Waals surface area contributed by atoms with Gasteiger partial charge in [-0.1, -0.05) is 37.3 Å². The van der Waals surface area contributed by atoms with Gasteiger partial charge in [0, 0.05) is 13.0 Å². The van der Waals surface area contributed by atoms with Crippen molar-refractivity contribution in [2.45, 2.75) is 37.9 Å². The second kappa shape index (κ2) is 9.45. The first-order valence-electron chi connectivity index (χ1n) is 7.20. The highest BCUT2D eigenvalue weighted by molar-refractivity contribution is 7.81. The van der Waals surface area contributed by atoms with Crippen molar-refractivity contribution in [1.29, 1.82) is 0 Å². The fraction of sp³-hybridized carbons (Fsp3) is 0.500. The van der Waals surface area contributed by atoms with Gasteiger partial charge >= 0.3 is 5.97 Å². The van der Waals surface area contributed by atoms with Crippen molar-refractivity contribution in [1.82, 2.24) is 5.32 Å². The standard InChI is InChI=1S/C16H23NO3S/c1-12(7-10-15(18)19)11-17-16(20)14(21)9-8-13-5-3-2-4-6-13/h2-6,12,14,21H,7-11H2,1H3,(H,17,20)(H,18,19)/t12-,14?/m0/s1. The number of hydrogen-bond acceptors (Lipinski definition) is 3. The van der Waals surface area contributed by atoms with Crippen molar-refractivity contribution in [3.8, 4) is 0 Å². The van der Waals surface area contributed by atoms with E-state index in [0.29, 0.717) is 19.4 Å². The molecular formula is C16H23NO3S. The van der Waals surface area contributed by atoms with Gasteiger partial charge in [0.15, 0.2) is 0 Å². The van der Waals surface area contributed by atoms with Gasteiger partial charge in [-0.2, -0.15) is 12.6 Å². The topological polar surface area (TPSA) is 66.4 Å². The molecular weight excluding hydrogens is 286 g/mol. The van der Waals surface area contributed by atoms with Crippen LogP contribution in [-0.2, 0) is 16.0 Å². The molecule has 1 aromatic rings. The molecule has 1 unspecified atom stereocenters. The van der Waals surface area contributed by atoms with Gasteiger partial charge in [-0.25, -0.2) is 0 Å². The highest BCUT2D eigenvalue weighted by Gasteiger charge is 2.14. The zero-order chi connectivity index (χ0) is 15.7. The van der Waals surface area contributed by atoms with Crippen LogP contribution in [0.5, 0.6) is 0 Å². The number of carboxylic acid groups (broad SMARTS) is 1. The maximum Gasteiger partial charge on any atom is 0.303 e. The minimum Gasteiger partial charge on any atom is -0.481 e. The summed E-state index contributed by atoms with van der Waals surface area (Å²) in [5.41, 5.74) is 1.19. The van der Waals surface area contributed by atoms with Crippen LogP contribution in [0.25, 0.3) is 0 Å². The number of benzene rings is 1. The van der Waals surface area contributed by atoms with Crippen molar-refractivity contribution in [3.63, 3.8) is 0 Å². The number of nitrogens with one attached hydrogen (secondary N) is 1. The molecule has 4 nitrogen and oxygen atoms in total. The molecule has 0 saturated carbocycles. The molecule has 0 aliphatic carbocycles. The fourth-order valence-corrected chi connectivity index (χ4v) is 2.16. The van der Waals surface area contributed by atoms with Gasteiger partial charge < -0.3 is 10.4 Å². The Morgan fingerprint density at radius 3 is 2.52 bits per heavy atom. The smallest absolute Gasteiger partial charge is 0.303 e. The number of rotatable bonds is 9. The number of carboxylic acids is 1. The van der Waals surface area contributed by atoms with E-state index >= 15 is 0 Å². The molecule has 0 saturated heterocycles. The Hall–Kier alpha value is -1.49. The van der Waals surface area contributed by atoms with E-state index in [9.17, 15) is 9.59 Å². The second-order valence-electron chi connectivity index (χ2n) is 5.32. The summed E-state index contributed by atoms with van der Waals surface area (Å²) in [6.07, 6.45) is 2.20. The monoisotopic (exact) mass is 309 g/mol. The van der Waals surface area contributed by atoms with Gasteiger partial charge in [-0.15, -0.1) is 0 Å². The minimum atomic E-state index is -0.803. The quantitative estimate of drug-likeness (QED) is 0.614. The summed E-state index contributed by atoms with van der Waals surface area (Å²) in [5.74, 6) is -0.737. The highest BCUT2D eigenvalue weighted by atomic mass is 32.1. The molecule has 0 aliphatic rings. The summed E-state index contributed by atoms with van der Waals surface area (Å²) in [6, 6.07) is 9.99. The predicted molar refractivity (Wildman–Crippen MR) is 86.6 cm³/mol. The molecule has 0 radical (unpaired) electrons. The number of aryl methyl sites for hydroxylation is 1. The molecule has 0 bridgehead atoms. The minimum absolute atomic E-state index is 0.0866. The zero-order valence-electron chi connectivity index (χ0n) is 12.3. The maximum absolute atomic E-state index is 11.9. The highest BCUT2D eigenvalue weighted by Crippen LogP contribution is 2.10. The first-order chi connectivity index (χ1) is 9.99. The van der Waals surface area contributed by atoms with Crippen LogP contribution in [-0.4, -0.2) is 28.8 Å². The summed E-state index contributed by atoms with van der Waals surface area (Å²) in [7, 11) is 0. The molecule has 1 rings (SSSR count). The molecule has 0 heterocycles. The Morgan fingerprint density at radius 1 is 1.24 bits per heavy atom. The number of carbonyl (C=O) groups excluding carboxylic acids is 1. The molecule has 0 fully saturated rings. The molecule has 116 valence electrons. The summed E-state index contributed by atoms with van der Waals surface area (Å²) in [5, 5.41) is 11.1. The van der Waals surface area contributed by atoms with Gasteiger partial charge in [0.25, 0.3) is 0 Å². The van der Waals surface area contributed by atoms with E-state index in [1.807, 2.05) is 37.3 Å². The lowest BCUT2D eigenvalue weighted by atomic mass is 10.1. The SMILES string of the molecule is C[C@@H](CCC(=O)O)CNC(=O)C(S)CCc1ccccc1. The lowest BCUT2D eigenvalue weighted by Gasteiger charge is -2.15. The number of carbonyl (C=O) groups is 2. The van der Waals surface area contributed by atoms with Crippen molar-refractivity contribution >= 4 is 24.5 Å². The van der Waals surface area contributed by atoms with Gasteiger partial charge in [-0.3, -0.25) is 9.59 Å². The number of amides is 1. The Balaban J connectivity index is 2.23. The molecule has 0 aromatic heterocycles. The number of hydrogen-bond donors (Lipinski definition) is 3. The summed E-state index contributed by atoms with van der Waals surface area (Å²) < 4.78 is 0. The third kappa shape index (κ3) is 7.75. The van der Waals surface area contributed by atoms with Crippen LogP contribution in [0.2, 0.25) is 0 Å². The van der Waals surface area contributed by atoms with Crippen LogP contribution in [0.4, 0.5) is 0 Å². The first-order valence-corrected chi connectivity index (χ1v) is 7.72. The molecule has 1 amide bonds. The van der Waals surface area contributed by atoms with Crippen molar-refractivity contribution in [2.24, 2.45) is 5.92 Å². The molecule has 0 spiro atoms. The van der Waals surface area contributed by atoms with Crippen LogP contribution in [0.3, 0.4) is 0 Å². The third-order valence-corrected chi connectivity index (χ3v) is 3.82. The largest absolute Gasteiger partial charge is 0.481 e. The average molecular weight is 309 g/mol. The molecule has 2 atom stereocenters. The normalized spacial score (nSPS) is 13.4. The van der Waals surface area contributed by atoms with E-state index in [1.165, 1.54) is 5.56 Å². The molecule has 21 heavy (non-hydrogen) atoms. The Morgan fingerprint density at radius 2 is 1.90 bits per heavy atom. The molecule has 1 aromatic carbocycles. The van der Waals surface area contributed by atoms with E-state index in [0.717, 1.165) is 6.42 Å². The van der Waals surface area contributed by atoms with Gasteiger partial charge in [-0.05, 0) is 30.7 Å². The summed E-state index contributed by atoms with van der Waals surface area (Å²) >= 11 is 4.34. The predicted octanol–water partition coefficient (Wildman–Crippen LogP) is 2.53. The van der Waals surface area contributed by atoms with Crippen molar-refractivity contribution in [2.75, 3.05) is 6.54 Å². The fourth-order valence-electron chi connectivity index (χ4n) is 1.94. The average Bonchev–Trinajstić information content (AvgIpc) is 2.49. The van der Waals surface area contributed by atoms with E-state index < -0.39 is 5.97 Å². The Labute approximate surface area is 131 Å². The van der Waals surface area contributed by atoms with E-state index in [1.54, 1.807) is 0 Å². The van der Waals surface area contributed by atoms with E-state index in [-0.39, 0.29) is 23.5 Å². The maximum atomic E-state index is 11.9. The van der Waals surface area contributed by atoms with Crippen LogP contribution in [0.15, 0.2) is 30.3 Å². The lowest BCUT2D eigenvalue weighted by molar-refractivity contribution is -0.137. The van der Waals surface area contributed by atoms with E-state index in [4.69, 9.17) is 5.11 Å². The van der Waals surface area contributed by atoms with Crippen LogP contribution >= 0.6 is 12.6 Å². The van der Waals surface area contributed by atoms with Crippen molar-refractivity contribution in [3.05, 3.63) is 35.9 Å². The first kappa shape index (κ1) is 17.6. The third-order valence-electron chi connectivity index (χ3n) is 3.33. The van der Waals surface area contributed by atoms with Gasteiger partial charge in [0.05, 0.1) is 5.25 Å². The van der Waals surface area contributed by atoms with Crippen molar-refractivity contribution < 1.29 is 14.7 Å². The van der Waals surface area contributed by atoms with Gasteiger partial charge in [0.1, 0.15) is 0 Å². The molecule has 2 N–H and O–H groups in total. The van der Waals surface area contributed by atoms with Gasteiger partial charge in [0.2, 0.25) is 5.91 Å². The Kier molecular flexibility index (Phi) is 7.90. The van der Waals surface area contributed by atoms with Crippen LogP contribution < -0.4 is 5.32 Å². The van der Waals surface area contributed by atoms with Crippen LogP contribution in [0.1, 0.15) is 31.7 Å². The lowest BCUT2D eigenvalue weighted by Crippen LogP contribution is -2.34. The molecule has 5 heteroatoms. The zero-order valence-corrected chi connectivity index (χ0v) is 13.2. The summed E-state index contributed by atoms with van der Waals surface area (Å²) in [4.78, 5) is 22.4. The number of aliphatic carboxylic acids is 1. The molecule has 0 aliphatic heterocycles.